The number of benzene rings is 1. The Kier molecular flexibility index (Phi) is 3.10. The van der Waals surface area contributed by atoms with Crippen molar-refractivity contribution in [1.82, 2.24) is 9.78 Å². The minimum atomic E-state index is 0.0172. The monoisotopic (exact) mass is 288 g/mol. The van der Waals surface area contributed by atoms with Crippen LogP contribution in [-0.4, -0.2) is 20.7 Å². The summed E-state index contributed by atoms with van der Waals surface area (Å²) >= 11 is 5.87. The molecule has 0 spiro atoms. The van der Waals surface area contributed by atoms with E-state index < -0.39 is 0 Å². The molecular weight excluding hydrogens is 276 g/mol. The molecule has 1 aromatic heterocycles. The first-order valence-electron chi connectivity index (χ1n) is 6.31. The summed E-state index contributed by atoms with van der Waals surface area (Å²) in [5, 5.41) is 13.8. The van der Waals surface area contributed by atoms with E-state index in [9.17, 15) is 9.90 Å². The molecule has 0 unspecified atom stereocenters. The molecule has 0 fully saturated rings. The molecule has 0 atom stereocenters. The highest BCUT2D eigenvalue weighted by Gasteiger charge is 2.24. The number of nitrogens with zero attached hydrogens (tertiary/aromatic N) is 2. The number of ketones is 1. The van der Waals surface area contributed by atoms with Gasteiger partial charge in [-0.05, 0) is 36.6 Å². The number of carbonyl (C=O) groups excluding carboxylic acids is 1. The van der Waals surface area contributed by atoms with Crippen LogP contribution in [0.4, 0.5) is 0 Å². The summed E-state index contributed by atoms with van der Waals surface area (Å²) in [6.07, 6.45) is 4.93. The zero-order valence-electron chi connectivity index (χ0n) is 10.9. The van der Waals surface area contributed by atoms with Crippen molar-refractivity contribution in [2.24, 2.45) is 7.05 Å². The first-order chi connectivity index (χ1) is 9.56. The molecular formula is C15H13ClN2O2. The molecule has 0 bridgehead atoms. The van der Waals surface area contributed by atoms with Gasteiger partial charge in [0.2, 0.25) is 0 Å². The average molecular weight is 289 g/mol. The highest BCUT2D eigenvalue weighted by atomic mass is 35.5. The van der Waals surface area contributed by atoms with E-state index in [1.807, 2.05) is 13.1 Å². The average Bonchev–Trinajstić information content (AvgIpc) is 2.80. The third-order valence-electron chi connectivity index (χ3n) is 3.54. The summed E-state index contributed by atoms with van der Waals surface area (Å²) in [4.78, 5) is 12.4. The van der Waals surface area contributed by atoms with E-state index in [0.717, 1.165) is 23.3 Å². The lowest BCUT2D eigenvalue weighted by atomic mass is 9.90. The van der Waals surface area contributed by atoms with Crippen molar-refractivity contribution in [2.75, 3.05) is 0 Å². The van der Waals surface area contributed by atoms with E-state index in [1.54, 1.807) is 23.0 Å². The maximum atomic E-state index is 12.4. The fraction of sp³-hybridized carbons (Fsp3) is 0.200. The Balaban J connectivity index is 1.97. The molecule has 0 aliphatic heterocycles. The van der Waals surface area contributed by atoms with Crippen LogP contribution in [0, 0.1) is 0 Å². The number of hydrogen-bond acceptors (Lipinski definition) is 3. The summed E-state index contributed by atoms with van der Waals surface area (Å²) in [5.74, 6) is 0.0573. The molecule has 1 heterocycles. The quantitative estimate of drug-likeness (QED) is 0.821. The Morgan fingerprint density at radius 3 is 2.95 bits per heavy atom. The van der Waals surface area contributed by atoms with Crippen LogP contribution in [-0.2, 0) is 13.5 Å². The van der Waals surface area contributed by atoms with Crippen LogP contribution in [0.2, 0.25) is 5.02 Å². The van der Waals surface area contributed by atoms with Crippen molar-refractivity contribution in [3.63, 3.8) is 0 Å². The molecule has 1 N–H and O–H groups in total. The Bertz CT molecular complexity index is 731. The van der Waals surface area contributed by atoms with Gasteiger partial charge in [-0.1, -0.05) is 17.7 Å². The highest BCUT2D eigenvalue weighted by molar-refractivity contribution is 6.32. The first-order valence-corrected chi connectivity index (χ1v) is 6.68. The molecule has 0 radical (unpaired) electrons. The molecule has 4 nitrogen and oxygen atoms in total. The van der Waals surface area contributed by atoms with E-state index in [1.165, 1.54) is 6.07 Å². The van der Waals surface area contributed by atoms with Gasteiger partial charge in [-0.2, -0.15) is 5.10 Å². The molecule has 0 saturated carbocycles. The summed E-state index contributed by atoms with van der Waals surface area (Å²) < 4.78 is 1.75. The fourth-order valence-corrected chi connectivity index (χ4v) is 2.63. The number of halogens is 1. The van der Waals surface area contributed by atoms with E-state index in [0.29, 0.717) is 12.0 Å². The summed E-state index contributed by atoms with van der Waals surface area (Å²) in [7, 11) is 1.85. The van der Waals surface area contributed by atoms with Crippen molar-refractivity contribution in [2.45, 2.75) is 12.8 Å². The van der Waals surface area contributed by atoms with E-state index in [-0.39, 0.29) is 16.6 Å². The number of phenolic OH excluding ortho intramolecular Hbond substituents is 1. The fourth-order valence-electron chi connectivity index (χ4n) is 2.44. The van der Waals surface area contributed by atoms with Crippen LogP contribution in [0.1, 0.15) is 28.0 Å². The third-order valence-corrected chi connectivity index (χ3v) is 3.84. The number of hydrogen-bond donors (Lipinski definition) is 1. The molecule has 0 amide bonds. The second-order valence-corrected chi connectivity index (χ2v) is 5.25. The van der Waals surface area contributed by atoms with E-state index in [2.05, 4.69) is 5.10 Å². The number of phenols is 1. The van der Waals surface area contributed by atoms with Gasteiger partial charge >= 0.3 is 0 Å². The molecule has 0 saturated heterocycles. The maximum absolute atomic E-state index is 12.4. The van der Waals surface area contributed by atoms with Crippen LogP contribution >= 0.6 is 11.6 Å². The molecule has 5 heteroatoms. The Morgan fingerprint density at radius 1 is 1.40 bits per heavy atom. The zero-order valence-corrected chi connectivity index (χ0v) is 11.7. The van der Waals surface area contributed by atoms with Gasteiger partial charge in [-0.3, -0.25) is 9.48 Å². The lowest BCUT2D eigenvalue weighted by molar-refractivity contribution is 0.102. The third kappa shape index (κ3) is 2.12. The lowest BCUT2D eigenvalue weighted by Crippen LogP contribution is -2.14. The van der Waals surface area contributed by atoms with Gasteiger partial charge in [0.25, 0.3) is 0 Å². The van der Waals surface area contributed by atoms with Crippen molar-refractivity contribution < 1.29 is 9.90 Å². The Hall–Kier alpha value is -2.07. The highest BCUT2D eigenvalue weighted by Crippen LogP contribution is 2.28. The van der Waals surface area contributed by atoms with E-state index in [4.69, 9.17) is 11.6 Å². The van der Waals surface area contributed by atoms with Crippen LogP contribution < -0.4 is 0 Å². The second kappa shape index (κ2) is 4.80. The number of aryl methyl sites for hydroxylation is 1. The SMILES string of the molecule is Cn1ncc2c1CCC(=Cc1ccc(O)c(Cl)c1)C2=O. The molecule has 1 aliphatic carbocycles. The number of aromatic nitrogens is 2. The number of Topliss-reactive ketones (excluding diaryl/α,β-unsaturated/α-hetero) is 1. The molecule has 2 aromatic rings. The smallest absolute Gasteiger partial charge is 0.192 e. The minimum absolute atomic E-state index is 0.0172. The van der Waals surface area contributed by atoms with Gasteiger partial charge < -0.3 is 5.11 Å². The predicted molar refractivity (Wildman–Crippen MR) is 77.0 cm³/mol. The van der Waals surface area contributed by atoms with Gasteiger partial charge in [0.1, 0.15) is 5.75 Å². The second-order valence-electron chi connectivity index (χ2n) is 4.84. The first kappa shape index (κ1) is 12.9. The predicted octanol–water partition coefficient (Wildman–Crippen LogP) is 2.99. The topological polar surface area (TPSA) is 55.1 Å². The number of fused-ring (bicyclic) bond motifs is 1. The number of aromatic hydroxyl groups is 1. The largest absolute Gasteiger partial charge is 0.506 e. The summed E-state index contributed by atoms with van der Waals surface area (Å²) in [6, 6.07) is 4.91. The van der Waals surface area contributed by atoms with Crippen LogP contribution in [0.15, 0.2) is 30.0 Å². The van der Waals surface area contributed by atoms with Gasteiger partial charge in [-0.15, -0.1) is 0 Å². The Morgan fingerprint density at radius 2 is 2.20 bits per heavy atom. The normalized spacial score (nSPS) is 16.5. The lowest BCUT2D eigenvalue weighted by Gasteiger charge is -2.14. The van der Waals surface area contributed by atoms with Crippen molar-refractivity contribution >= 4 is 23.5 Å². The summed E-state index contributed by atoms with van der Waals surface area (Å²) in [5.41, 5.74) is 3.21. The van der Waals surface area contributed by atoms with E-state index >= 15 is 0 Å². The molecule has 3 rings (SSSR count). The van der Waals surface area contributed by atoms with Crippen LogP contribution in [0.3, 0.4) is 0 Å². The van der Waals surface area contributed by atoms with Crippen molar-refractivity contribution in [1.29, 1.82) is 0 Å². The van der Waals surface area contributed by atoms with Crippen molar-refractivity contribution in [3.8, 4) is 5.75 Å². The van der Waals surface area contributed by atoms with Gasteiger partial charge in [0, 0.05) is 18.3 Å². The Labute approximate surface area is 121 Å². The molecule has 1 aromatic carbocycles. The number of carbonyl (C=O) groups is 1. The zero-order chi connectivity index (χ0) is 14.3. The van der Waals surface area contributed by atoms with Gasteiger partial charge in [0.15, 0.2) is 5.78 Å². The molecule has 1 aliphatic rings. The number of allylic oxidation sites excluding steroid dienone is 1. The van der Waals surface area contributed by atoms with Crippen LogP contribution in [0.25, 0.3) is 6.08 Å². The molecule has 102 valence electrons. The minimum Gasteiger partial charge on any atom is -0.506 e. The summed E-state index contributed by atoms with van der Waals surface area (Å²) in [6.45, 7) is 0. The van der Waals surface area contributed by atoms with Crippen LogP contribution in [0.5, 0.6) is 5.75 Å². The van der Waals surface area contributed by atoms with Crippen molar-refractivity contribution in [3.05, 3.63) is 51.8 Å². The maximum Gasteiger partial charge on any atom is 0.192 e. The standard InChI is InChI=1S/C15H13ClN2O2/c1-18-13-4-3-10(15(20)11(13)8-17-18)6-9-2-5-14(19)12(16)7-9/h2,5-8,19H,3-4H2,1H3. The molecule has 20 heavy (non-hydrogen) atoms. The van der Waals surface area contributed by atoms with Gasteiger partial charge in [-0.25, -0.2) is 0 Å². The number of rotatable bonds is 1. The van der Waals surface area contributed by atoms with Gasteiger partial charge in [0.05, 0.1) is 16.8 Å².